The predicted octanol–water partition coefficient (Wildman–Crippen LogP) is 2.48. The Bertz CT molecular complexity index is 466. The Kier molecular flexibility index (Phi) is 3.56. The van der Waals surface area contributed by atoms with Crippen molar-refractivity contribution in [3.63, 3.8) is 0 Å². The third-order valence-electron chi connectivity index (χ3n) is 4.47. The first kappa shape index (κ1) is 12.7. The Hall–Kier alpha value is -1.35. The zero-order chi connectivity index (χ0) is 13.2. The number of hydrogen-bond donors (Lipinski definition) is 1. The van der Waals surface area contributed by atoms with Gasteiger partial charge in [-0.2, -0.15) is 0 Å². The molecule has 0 unspecified atom stereocenters. The van der Waals surface area contributed by atoms with E-state index in [1.54, 1.807) is 0 Å². The van der Waals surface area contributed by atoms with Gasteiger partial charge in [0.2, 0.25) is 5.91 Å². The van der Waals surface area contributed by atoms with Crippen LogP contribution in [0.3, 0.4) is 0 Å². The molecule has 1 aliphatic heterocycles. The number of amides is 1. The van der Waals surface area contributed by atoms with Gasteiger partial charge in [0.05, 0.1) is 6.04 Å². The average molecular weight is 258 g/mol. The monoisotopic (exact) mass is 258 g/mol. The second kappa shape index (κ2) is 5.33. The van der Waals surface area contributed by atoms with Gasteiger partial charge in [-0.15, -0.1) is 0 Å². The van der Waals surface area contributed by atoms with Crippen molar-refractivity contribution >= 4 is 11.6 Å². The fraction of sp³-hybridized carbons (Fsp3) is 0.562. The number of nitrogens with zero attached hydrogens (tertiary/aromatic N) is 1. The van der Waals surface area contributed by atoms with E-state index in [9.17, 15) is 4.79 Å². The normalized spacial score (nSPS) is 24.4. The molecule has 1 fully saturated rings. The molecule has 0 spiro atoms. The van der Waals surface area contributed by atoms with Crippen molar-refractivity contribution in [2.24, 2.45) is 11.7 Å². The maximum absolute atomic E-state index is 12.4. The number of hydrogen-bond acceptors (Lipinski definition) is 2. The Morgan fingerprint density at radius 2 is 1.89 bits per heavy atom. The van der Waals surface area contributed by atoms with Gasteiger partial charge in [0.1, 0.15) is 0 Å². The van der Waals surface area contributed by atoms with Crippen LogP contribution < -0.4 is 10.6 Å². The van der Waals surface area contributed by atoms with E-state index in [1.165, 1.54) is 37.7 Å². The fourth-order valence-corrected chi connectivity index (χ4v) is 3.41. The van der Waals surface area contributed by atoms with Crippen LogP contribution in [0.2, 0.25) is 0 Å². The summed E-state index contributed by atoms with van der Waals surface area (Å²) in [5, 5.41) is 0. The molecule has 0 bridgehead atoms. The van der Waals surface area contributed by atoms with Gasteiger partial charge in [-0.1, -0.05) is 37.5 Å². The lowest BCUT2D eigenvalue weighted by atomic mass is 9.87. The third kappa shape index (κ3) is 2.52. The van der Waals surface area contributed by atoms with Crippen LogP contribution in [0.4, 0.5) is 5.69 Å². The average Bonchev–Trinajstić information content (AvgIpc) is 2.45. The zero-order valence-electron chi connectivity index (χ0n) is 11.3. The molecular formula is C16H22N2O. The minimum Gasteiger partial charge on any atom is -0.320 e. The van der Waals surface area contributed by atoms with Gasteiger partial charge in [0, 0.05) is 12.2 Å². The van der Waals surface area contributed by atoms with Crippen LogP contribution in [0.1, 0.15) is 37.7 Å². The highest BCUT2D eigenvalue weighted by molar-refractivity contribution is 6.00. The molecule has 1 amide bonds. The molecule has 1 saturated carbocycles. The van der Waals surface area contributed by atoms with E-state index in [-0.39, 0.29) is 11.9 Å². The Morgan fingerprint density at radius 1 is 1.16 bits per heavy atom. The summed E-state index contributed by atoms with van der Waals surface area (Å²) in [5.41, 5.74) is 8.29. The minimum absolute atomic E-state index is 0.101. The summed E-state index contributed by atoms with van der Waals surface area (Å²) in [7, 11) is 0. The Balaban J connectivity index is 1.83. The number of nitrogens with two attached hydrogens (primary N) is 1. The predicted molar refractivity (Wildman–Crippen MR) is 77.0 cm³/mol. The van der Waals surface area contributed by atoms with Crippen LogP contribution in [0.15, 0.2) is 24.3 Å². The Morgan fingerprint density at radius 3 is 2.68 bits per heavy atom. The van der Waals surface area contributed by atoms with Gasteiger partial charge in [0.15, 0.2) is 0 Å². The van der Waals surface area contributed by atoms with E-state index in [0.29, 0.717) is 12.3 Å². The third-order valence-corrected chi connectivity index (χ3v) is 4.47. The first-order valence-corrected chi connectivity index (χ1v) is 7.40. The summed E-state index contributed by atoms with van der Waals surface area (Å²) < 4.78 is 0. The van der Waals surface area contributed by atoms with Crippen LogP contribution >= 0.6 is 0 Å². The summed E-state index contributed by atoms with van der Waals surface area (Å²) >= 11 is 0. The standard InChI is InChI=1S/C16H22N2O/c17-14-10-13-8-4-5-9-15(13)18(16(14)19)11-12-6-2-1-3-7-12/h4-5,8-9,12,14H,1-3,6-7,10-11,17H2/t14-/m1/s1. The lowest BCUT2D eigenvalue weighted by molar-refractivity contribution is -0.120. The SMILES string of the molecule is N[C@@H]1Cc2ccccc2N(CC2CCCCC2)C1=O. The van der Waals surface area contributed by atoms with E-state index >= 15 is 0 Å². The number of carbonyl (C=O) groups is 1. The number of anilines is 1. The molecule has 3 heteroatoms. The first-order chi connectivity index (χ1) is 9.25. The molecule has 0 radical (unpaired) electrons. The highest BCUT2D eigenvalue weighted by Gasteiger charge is 2.31. The molecule has 0 aromatic heterocycles. The lowest BCUT2D eigenvalue weighted by Crippen LogP contribution is -2.50. The van der Waals surface area contributed by atoms with Crippen LogP contribution in [0.25, 0.3) is 0 Å². The molecule has 1 aliphatic carbocycles. The molecule has 1 aromatic rings. The van der Waals surface area contributed by atoms with Crippen LogP contribution in [0.5, 0.6) is 0 Å². The first-order valence-electron chi connectivity index (χ1n) is 7.40. The molecule has 1 atom stereocenters. The van der Waals surface area contributed by atoms with E-state index < -0.39 is 0 Å². The summed E-state index contributed by atoms with van der Waals surface area (Å²) in [4.78, 5) is 14.3. The lowest BCUT2D eigenvalue weighted by Gasteiger charge is -2.36. The second-order valence-corrected chi connectivity index (χ2v) is 5.89. The van der Waals surface area contributed by atoms with Gasteiger partial charge in [-0.25, -0.2) is 0 Å². The quantitative estimate of drug-likeness (QED) is 0.886. The summed E-state index contributed by atoms with van der Waals surface area (Å²) in [5.74, 6) is 0.750. The zero-order valence-corrected chi connectivity index (χ0v) is 11.3. The van der Waals surface area contributed by atoms with Gasteiger partial charge in [-0.05, 0) is 36.8 Å². The molecule has 3 nitrogen and oxygen atoms in total. The highest BCUT2D eigenvalue weighted by Crippen LogP contribution is 2.31. The van der Waals surface area contributed by atoms with E-state index in [2.05, 4.69) is 12.1 Å². The maximum Gasteiger partial charge on any atom is 0.244 e. The van der Waals surface area contributed by atoms with Crippen molar-refractivity contribution in [3.05, 3.63) is 29.8 Å². The van der Waals surface area contributed by atoms with Crippen molar-refractivity contribution in [3.8, 4) is 0 Å². The number of benzene rings is 1. The number of para-hydroxylation sites is 1. The van der Waals surface area contributed by atoms with E-state index in [4.69, 9.17) is 5.73 Å². The Labute approximate surface area is 114 Å². The van der Waals surface area contributed by atoms with Crippen molar-refractivity contribution < 1.29 is 4.79 Å². The molecule has 1 aromatic carbocycles. The molecule has 3 rings (SSSR count). The molecule has 1 heterocycles. The number of rotatable bonds is 2. The van der Waals surface area contributed by atoms with Gasteiger partial charge in [-0.3, -0.25) is 4.79 Å². The van der Waals surface area contributed by atoms with Gasteiger partial charge >= 0.3 is 0 Å². The van der Waals surface area contributed by atoms with Crippen LogP contribution in [0, 0.1) is 5.92 Å². The van der Waals surface area contributed by atoms with E-state index in [1.807, 2.05) is 17.0 Å². The minimum atomic E-state index is -0.363. The summed E-state index contributed by atoms with van der Waals surface area (Å²) in [6, 6.07) is 7.83. The molecule has 102 valence electrons. The van der Waals surface area contributed by atoms with Crippen molar-refractivity contribution in [1.82, 2.24) is 0 Å². The highest BCUT2D eigenvalue weighted by atomic mass is 16.2. The summed E-state index contributed by atoms with van der Waals surface area (Å²) in [6.07, 6.45) is 7.14. The molecule has 2 aliphatic rings. The van der Waals surface area contributed by atoms with Crippen molar-refractivity contribution in [2.45, 2.75) is 44.6 Å². The maximum atomic E-state index is 12.4. The smallest absolute Gasteiger partial charge is 0.244 e. The largest absolute Gasteiger partial charge is 0.320 e. The fourth-order valence-electron chi connectivity index (χ4n) is 3.41. The number of fused-ring (bicyclic) bond motifs is 1. The number of carbonyl (C=O) groups excluding carboxylic acids is 1. The van der Waals surface area contributed by atoms with Crippen LogP contribution in [-0.2, 0) is 11.2 Å². The second-order valence-electron chi connectivity index (χ2n) is 5.89. The van der Waals surface area contributed by atoms with Gasteiger partial charge < -0.3 is 10.6 Å². The molecular weight excluding hydrogens is 236 g/mol. The molecule has 19 heavy (non-hydrogen) atoms. The van der Waals surface area contributed by atoms with E-state index in [0.717, 1.165) is 12.2 Å². The molecule has 0 saturated heterocycles. The van der Waals surface area contributed by atoms with Crippen LogP contribution in [-0.4, -0.2) is 18.5 Å². The molecule has 2 N–H and O–H groups in total. The summed E-state index contributed by atoms with van der Waals surface area (Å²) in [6.45, 7) is 0.851. The van der Waals surface area contributed by atoms with Crippen molar-refractivity contribution in [1.29, 1.82) is 0 Å². The van der Waals surface area contributed by atoms with Crippen molar-refractivity contribution in [2.75, 3.05) is 11.4 Å². The van der Waals surface area contributed by atoms with Gasteiger partial charge in [0.25, 0.3) is 0 Å². The topological polar surface area (TPSA) is 46.3 Å².